The molecule has 1 aromatic carbocycles. The van der Waals surface area contributed by atoms with Gasteiger partial charge in [0.2, 0.25) is 11.8 Å². The number of nitrogens with zero attached hydrogens (tertiary/aromatic N) is 3. The Morgan fingerprint density at radius 1 is 1.17 bits per heavy atom. The lowest BCUT2D eigenvalue weighted by Gasteiger charge is -2.34. The van der Waals surface area contributed by atoms with Gasteiger partial charge in [-0.3, -0.25) is 14.6 Å². The van der Waals surface area contributed by atoms with E-state index in [1.54, 1.807) is 40.4 Å². The van der Waals surface area contributed by atoms with E-state index in [0.29, 0.717) is 18.1 Å². The van der Waals surface area contributed by atoms with E-state index in [-0.39, 0.29) is 24.8 Å². The SMILES string of the molecule is O=C(Cc1ccc(Cl)cc1)N1CCN(c2cccnc2)C(=O)C1. The van der Waals surface area contributed by atoms with E-state index in [2.05, 4.69) is 4.98 Å². The van der Waals surface area contributed by atoms with Crippen molar-refractivity contribution in [3.63, 3.8) is 0 Å². The lowest BCUT2D eigenvalue weighted by molar-refractivity contribution is -0.136. The molecule has 0 unspecified atom stereocenters. The van der Waals surface area contributed by atoms with Crippen LogP contribution in [-0.4, -0.2) is 41.3 Å². The number of aromatic nitrogens is 1. The van der Waals surface area contributed by atoms with Crippen LogP contribution in [0.3, 0.4) is 0 Å². The standard InChI is InChI=1S/C17H16ClN3O2/c18-14-5-3-13(4-6-14)10-16(22)20-8-9-21(17(23)12-20)15-2-1-7-19-11-15/h1-7,11H,8-10,12H2. The fraction of sp³-hybridized carbons (Fsp3) is 0.235. The van der Waals surface area contributed by atoms with Crippen LogP contribution in [0.1, 0.15) is 5.56 Å². The van der Waals surface area contributed by atoms with Crippen molar-refractivity contribution in [1.82, 2.24) is 9.88 Å². The molecule has 2 aromatic rings. The second kappa shape index (κ2) is 6.79. The summed E-state index contributed by atoms with van der Waals surface area (Å²) in [6.07, 6.45) is 3.60. The summed E-state index contributed by atoms with van der Waals surface area (Å²) in [6.45, 7) is 1.10. The molecular weight excluding hydrogens is 314 g/mol. The summed E-state index contributed by atoms with van der Waals surface area (Å²) in [7, 11) is 0. The maximum atomic E-state index is 12.4. The predicted octanol–water partition coefficient (Wildman–Crippen LogP) is 2.15. The van der Waals surface area contributed by atoms with E-state index < -0.39 is 0 Å². The molecule has 0 saturated carbocycles. The van der Waals surface area contributed by atoms with Crippen LogP contribution in [0.5, 0.6) is 0 Å². The quantitative estimate of drug-likeness (QED) is 0.867. The van der Waals surface area contributed by atoms with Crippen LogP contribution in [0.15, 0.2) is 48.8 Å². The minimum absolute atomic E-state index is 0.0495. The first-order valence-corrected chi connectivity index (χ1v) is 7.74. The second-order valence-corrected chi connectivity index (χ2v) is 5.81. The van der Waals surface area contributed by atoms with Crippen LogP contribution < -0.4 is 4.90 Å². The molecular formula is C17H16ClN3O2. The van der Waals surface area contributed by atoms with Crippen molar-refractivity contribution >= 4 is 29.1 Å². The van der Waals surface area contributed by atoms with Gasteiger partial charge in [-0.25, -0.2) is 0 Å². The van der Waals surface area contributed by atoms with Gasteiger partial charge in [-0.05, 0) is 29.8 Å². The van der Waals surface area contributed by atoms with Crippen molar-refractivity contribution in [1.29, 1.82) is 0 Å². The summed E-state index contributed by atoms with van der Waals surface area (Å²) in [6, 6.07) is 10.8. The molecule has 2 heterocycles. The Kier molecular flexibility index (Phi) is 4.57. The number of halogens is 1. The molecule has 0 aliphatic carbocycles. The molecule has 1 aromatic heterocycles. The predicted molar refractivity (Wildman–Crippen MR) is 88.3 cm³/mol. The van der Waals surface area contributed by atoms with Gasteiger partial charge < -0.3 is 9.80 Å². The largest absolute Gasteiger partial charge is 0.331 e. The van der Waals surface area contributed by atoms with Crippen LogP contribution in [0.25, 0.3) is 0 Å². The van der Waals surface area contributed by atoms with Crippen molar-refractivity contribution in [2.45, 2.75) is 6.42 Å². The normalized spacial score (nSPS) is 14.9. The first-order chi connectivity index (χ1) is 11.1. The van der Waals surface area contributed by atoms with Crippen LogP contribution >= 0.6 is 11.6 Å². The second-order valence-electron chi connectivity index (χ2n) is 5.38. The molecule has 2 amide bonds. The Labute approximate surface area is 139 Å². The average Bonchev–Trinajstić information content (AvgIpc) is 2.57. The van der Waals surface area contributed by atoms with E-state index in [1.165, 1.54) is 0 Å². The Balaban J connectivity index is 1.62. The summed E-state index contributed by atoms with van der Waals surface area (Å²) in [4.78, 5) is 31.9. The topological polar surface area (TPSA) is 53.5 Å². The molecule has 1 saturated heterocycles. The van der Waals surface area contributed by atoms with Crippen LogP contribution in [0.2, 0.25) is 5.02 Å². The van der Waals surface area contributed by atoms with Gasteiger partial charge in [0.1, 0.15) is 6.54 Å². The molecule has 0 bridgehead atoms. The molecule has 118 valence electrons. The smallest absolute Gasteiger partial charge is 0.246 e. The number of hydrogen-bond donors (Lipinski definition) is 0. The minimum atomic E-state index is -0.0892. The number of carbonyl (C=O) groups excluding carboxylic acids is 2. The Hall–Kier alpha value is -2.40. The number of hydrogen-bond acceptors (Lipinski definition) is 3. The summed E-state index contributed by atoms with van der Waals surface area (Å²) in [5.74, 6) is -0.139. The zero-order valence-electron chi connectivity index (χ0n) is 12.5. The third kappa shape index (κ3) is 3.68. The molecule has 1 fully saturated rings. The fourth-order valence-electron chi connectivity index (χ4n) is 2.56. The summed E-state index contributed by atoms with van der Waals surface area (Å²) >= 11 is 5.84. The van der Waals surface area contributed by atoms with Gasteiger partial charge in [0.05, 0.1) is 18.3 Å². The van der Waals surface area contributed by atoms with Crippen molar-refractivity contribution in [2.75, 3.05) is 24.5 Å². The molecule has 0 N–H and O–H groups in total. The van der Waals surface area contributed by atoms with Gasteiger partial charge in [0, 0.05) is 24.3 Å². The number of carbonyl (C=O) groups is 2. The highest BCUT2D eigenvalue weighted by molar-refractivity contribution is 6.30. The van der Waals surface area contributed by atoms with Gasteiger partial charge in [-0.15, -0.1) is 0 Å². The molecule has 6 heteroatoms. The lowest BCUT2D eigenvalue weighted by atomic mass is 10.1. The number of piperazine rings is 1. The Morgan fingerprint density at radius 2 is 1.96 bits per heavy atom. The third-order valence-electron chi connectivity index (χ3n) is 3.80. The maximum Gasteiger partial charge on any atom is 0.246 e. The zero-order valence-corrected chi connectivity index (χ0v) is 13.2. The number of amides is 2. The molecule has 0 radical (unpaired) electrons. The van der Waals surface area contributed by atoms with E-state index in [1.807, 2.05) is 18.2 Å². The minimum Gasteiger partial charge on any atom is -0.331 e. The van der Waals surface area contributed by atoms with Crippen molar-refractivity contribution < 1.29 is 9.59 Å². The summed E-state index contributed by atoms with van der Waals surface area (Å²) in [5.41, 5.74) is 1.66. The molecule has 1 aliphatic rings. The van der Waals surface area contributed by atoms with Gasteiger partial charge in [-0.2, -0.15) is 0 Å². The third-order valence-corrected chi connectivity index (χ3v) is 4.05. The molecule has 23 heavy (non-hydrogen) atoms. The highest BCUT2D eigenvalue weighted by atomic mass is 35.5. The number of anilines is 1. The molecule has 5 nitrogen and oxygen atoms in total. The number of benzene rings is 1. The average molecular weight is 330 g/mol. The molecule has 0 atom stereocenters. The molecule has 0 spiro atoms. The molecule has 1 aliphatic heterocycles. The van der Waals surface area contributed by atoms with E-state index >= 15 is 0 Å². The van der Waals surface area contributed by atoms with E-state index in [9.17, 15) is 9.59 Å². The summed E-state index contributed by atoms with van der Waals surface area (Å²) < 4.78 is 0. The van der Waals surface area contributed by atoms with Crippen LogP contribution in [-0.2, 0) is 16.0 Å². The highest BCUT2D eigenvalue weighted by Crippen LogP contribution is 2.16. The van der Waals surface area contributed by atoms with E-state index in [4.69, 9.17) is 11.6 Å². The van der Waals surface area contributed by atoms with Crippen molar-refractivity contribution in [3.05, 3.63) is 59.4 Å². The van der Waals surface area contributed by atoms with Gasteiger partial charge in [0.15, 0.2) is 0 Å². The van der Waals surface area contributed by atoms with E-state index in [0.717, 1.165) is 11.3 Å². The van der Waals surface area contributed by atoms with Crippen LogP contribution in [0, 0.1) is 0 Å². The highest BCUT2D eigenvalue weighted by Gasteiger charge is 2.27. The first kappa shape index (κ1) is 15.5. The zero-order chi connectivity index (χ0) is 16.2. The monoisotopic (exact) mass is 329 g/mol. The Bertz CT molecular complexity index is 704. The lowest BCUT2D eigenvalue weighted by Crippen LogP contribution is -2.52. The Morgan fingerprint density at radius 3 is 2.61 bits per heavy atom. The van der Waals surface area contributed by atoms with Gasteiger partial charge in [-0.1, -0.05) is 23.7 Å². The van der Waals surface area contributed by atoms with Crippen molar-refractivity contribution in [2.24, 2.45) is 0 Å². The van der Waals surface area contributed by atoms with Gasteiger partial charge >= 0.3 is 0 Å². The fourth-order valence-corrected chi connectivity index (χ4v) is 2.69. The van der Waals surface area contributed by atoms with Gasteiger partial charge in [0.25, 0.3) is 0 Å². The molecule has 3 rings (SSSR count). The summed E-state index contributed by atoms with van der Waals surface area (Å²) in [5, 5.41) is 0.640. The number of rotatable bonds is 3. The van der Waals surface area contributed by atoms with Crippen LogP contribution in [0.4, 0.5) is 5.69 Å². The maximum absolute atomic E-state index is 12.4. The first-order valence-electron chi connectivity index (χ1n) is 7.36. The number of pyridine rings is 1. The van der Waals surface area contributed by atoms with Crippen molar-refractivity contribution in [3.8, 4) is 0 Å².